The van der Waals surface area contributed by atoms with Gasteiger partial charge in [0.15, 0.2) is 0 Å². The second kappa shape index (κ2) is 4.49. The van der Waals surface area contributed by atoms with Gasteiger partial charge in [0, 0.05) is 32.1 Å². The Labute approximate surface area is 97.5 Å². The Hall–Kier alpha value is -0.620. The third-order valence-corrected chi connectivity index (χ3v) is 3.62. The zero-order valence-corrected chi connectivity index (χ0v) is 10.5. The minimum Gasteiger partial charge on any atom is -0.380 e. The van der Waals surface area contributed by atoms with Crippen LogP contribution in [0.2, 0.25) is 0 Å². The highest BCUT2D eigenvalue weighted by Crippen LogP contribution is 2.26. The molecule has 1 aromatic heterocycles. The van der Waals surface area contributed by atoms with Crippen molar-refractivity contribution in [3.05, 3.63) is 6.20 Å². The highest BCUT2D eigenvalue weighted by Gasteiger charge is 2.32. The number of methoxy groups -OCH3 is 1. The van der Waals surface area contributed by atoms with Gasteiger partial charge in [0.2, 0.25) is 0 Å². The molecule has 0 aromatic carbocycles. The van der Waals surface area contributed by atoms with E-state index in [1.54, 1.807) is 18.0 Å². The number of nitrogens with zero attached hydrogens (tertiary/aromatic N) is 4. The van der Waals surface area contributed by atoms with Crippen LogP contribution in [0.25, 0.3) is 0 Å². The van der Waals surface area contributed by atoms with Crippen LogP contribution in [0.5, 0.6) is 0 Å². The van der Waals surface area contributed by atoms with Gasteiger partial charge in [-0.1, -0.05) is 21.1 Å². The van der Waals surface area contributed by atoms with Crippen molar-refractivity contribution in [2.45, 2.75) is 18.6 Å². The zero-order valence-electron chi connectivity index (χ0n) is 8.93. The zero-order chi connectivity index (χ0) is 10.8. The van der Waals surface area contributed by atoms with E-state index in [0.717, 1.165) is 24.1 Å². The van der Waals surface area contributed by atoms with E-state index in [-0.39, 0.29) is 0 Å². The molecule has 2 heterocycles. The molecular weight excluding hydrogens is 260 g/mol. The Kier molecular flexibility index (Phi) is 3.25. The first-order chi connectivity index (χ1) is 7.26. The Morgan fingerprint density at radius 2 is 2.47 bits per heavy atom. The molecule has 2 unspecified atom stereocenters. The van der Waals surface area contributed by atoms with E-state index >= 15 is 0 Å². The van der Waals surface area contributed by atoms with Crippen molar-refractivity contribution in [1.82, 2.24) is 15.0 Å². The normalized spacial score (nSPS) is 26.2. The third kappa shape index (κ3) is 2.01. The van der Waals surface area contributed by atoms with Gasteiger partial charge in [0.1, 0.15) is 5.82 Å². The highest BCUT2D eigenvalue weighted by atomic mass is 79.9. The van der Waals surface area contributed by atoms with Crippen LogP contribution in [0.15, 0.2) is 6.20 Å². The van der Waals surface area contributed by atoms with Gasteiger partial charge in [-0.15, -0.1) is 5.10 Å². The number of halogens is 1. The quantitative estimate of drug-likeness (QED) is 0.765. The standard InChI is InChI=1S/C9H15BrN4O/c1-13-9(5-11-12-13)14-6-8(15-2)3-7(14)4-10/h5,7-8H,3-4,6H2,1-2H3. The van der Waals surface area contributed by atoms with Gasteiger partial charge in [-0.2, -0.15) is 0 Å². The summed E-state index contributed by atoms with van der Waals surface area (Å²) in [5.41, 5.74) is 0. The maximum absolute atomic E-state index is 5.40. The summed E-state index contributed by atoms with van der Waals surface area (Å²) in [7, 11) is 3.68. The second-order valence-electron chi connectivity index (χ2n) is 3.77. The largest absolute Gasteiger partial charge is 0.380 e. The monoisotopic (exact) mass is 274 g/mol. The molecule has 0 aliphatic carbocycles. The summed E-state index contributed by atoms with van der Waals surface area (Å²) < 4.78 is 7.20. The van der Waals surface area contributed by atoms with Crippen molar-refractivity contribution >= 4 is 21.7 Å². The smallest absolute Gasteiger partial charge is 0.147 e. The molecule has 1 aromatic rings. The van der Waals surface area contributed by atoms with Gasteiger partial charge in [-0.25, -0.2) is 4.68 Å². The average molecular weight is 275 g/mol. The molecule has 1 aliphatic heterocycles. The van der Waals surface area contributed by atoms with Crippen LogP contribution in [0, 0.1) is 0 Å². The lowest BCUT2D eigenvalue weighted by molar-refractivity contribution is 0.119. The topological polar surface area (TPSA) is 43.2 Å². The molecule has 15 heavy (non-hydrogen) atoms. The van der Waals surface area contributed by atoms with Gasteiger partial charge in [-0.3, -0.25) is 0 Å². The third-order valence-electron chi connectivity index (χ3n) is 2.87. The first kappa shape index (κ1) is 10.9. The molecule has 1 aliphatic rings. The van der Waals surface area contributed by atoms with Gasteiger partial charge >= 0.3 is 0 Å². The van der Waals surface area contributed by atoms with Gasteiger partial charge in [0.05, 0.1) is 12.3 Å². The fraction of sp³-hybridized carbons (Fsp3) is 0.778. The maximum atomic E-state index is 5.40. The summed E-state index contributed by atoms with van der Waals surface area (Å²) in [6, 6.07) is 0.465. The van der Waals surface area contributed by atoms with Crippen LogP contribution in [-0.2, 0) is 11.8 Å². The fourth-order valence-electron chi connectivity index (χ4n) is 2.02. The van der Waals surface area contributed by atoms with Gasteiger partial charge in [0.25, 0.3) is 0 Å². The van der Waals surface area contributed by atoms with Crippen LogP contribution in [0.1, 0.15) is 6.42 Å². The first-order valence-corrected chi connectivity index (χ1v) is 6.08. The van der Waals surface area contributed by atoms with Crippen molar-refractivity contribution in [3.63, 3.8) is 0 Å². The Morgan fingerprint density at radius 1 is 1.67 bits per heavy atom. The summed E-state index contributed by atoms with van der Waals surface area (Å²) >= 11 is 3.54. The van der Waals surface area contributed by atoms with Crippen molar-refractivity contribution in [2.24, 2.45) is 7.05 Å². The van der Waals surface area contributed by atoms with Gasteiger partial charge < -0.3 is 9.64 Å². The SMILES string of the molecule is COC1CC(CBr)N(c2cnnn2C)C1. The number of rotatable bonds is 3. The number of aryl methyl sites for hydroxylation is 1. The molecule has 5 nitrogen and oxygen atoms in total. The number of hydrogen-bond acceptors (Lipinski definition) is 4. The molecule has 0 bridgehead atoms. The lowest BCUT2D eigenvalue weighted by Gasteiger charge is -2.23. The van der Waals surface area contributed by atoms with Crippen molar-refractivity contribution in [1.29, 1.82) is 0 Å². The van der Waals surface area contributed by atoms with E-state index in [1.165, 1.54) is 0 Å². The van der Waals surface area contributed by atoms with Gasteiger partial charge in [-0.05, 0) is 6.42 Å². The second-order valence-corrected chi connectivity index (χ2v) is 4.42. The first-order valence-electron chi connectivity index (χ1n) is 4.96. The van der Waals surface area contributed by atoms with Crippen molar-refractivity contribution in [3.8, 4) is 0 Å². The van der Waals surface area contributed by atoms with E-state index in [2.05, 4.69) is 31.1 Å². The molecule has 2 atom stereocenters. The average Bonchev–Trinajstić information content (AvgIpc) is 2.82. The minimum absolute atomic E-state index is 0.308. The number of hydrogen-bond donors (Lipinski definition) is 0. The van der Waals surface area contributed by atoms with Crippen LogP contribution >= 0.6 is 15.9 Å². The molecule has 2 rings (SSSR count). The predicted molar refractivity (Wildman–Crippen MR) is 61.3 cm³/mol. The number of ether oxygens (including phenoxy) is 1. The maximum Gasteiger partial charge on any atom is 0.147 e. The molecular formula is C9H15BrN4O. The lowest BCUT2D eigenvalue weighted by Crippen LogP contribution is -2.32. The predicted octanol–water partition coefficient (Wildman–Crippen LogP) is 0.804. The van der Waals surface area contributed by atoms with Crippen molar-refractivity contribution < 1.29 is 4.74 Å². The van der Waals surface area contributed by atoms with E-state index in [4.69, 9.17) is 4.74 Å². The summed E-state index contributed by atoms with van der Waals surface area (Å²) in [5, 5.41) is 8.79. The Morgan fingerprint density at radius 3 is 3.00 bits per heavy atom. The molecule has 0 saturated carbocycles. The number of aromatic nitrogens is 3. The number of alkyl halides is 1. The molecule has 0 N–H and O–H groups in total. The highest BCUT2D eigenvalue weighted by molar-refractivity contribution is 9.09. The minimum atomic E-state index is 0.308. The van der Waals surface area contributed by atoms with Crippen LogP contribution in [-0.4, -0.2) is 46.1 Å². The van der Waals surface area contributed by atoms with Crippen LogP contribution in [0.4, 0.5) is 5.82 Å². The molecule has 6 heteroatoms. The van der Waals surface area contributed by atoms with E-state index in [9.17, 15) is 0 Å². The van der Waals surface area contributed by atoms with E-state index in [1.807, 2.05) is 7.05 Å². The summed E-state index contributed by atoms with van der Waals surface area (Å²) in [5.74, 6) is 1.05. The molecule has 1 fully saturated rings. The lowest BCUT2D eigenvalue weighted by atomic mass is 10.2. The Balaban J connectivity index is 2.18. The molecule has 0 amide bonds. The molecule has 0 radical (unpaired) electrons. The van der Waals surface area contributed by atoms with Crippen LogP contribution < -0.4 is 4.90 Å². The summed E-state index contributed by atoms with van der Waals surface area (Å²) in [6.07, 6.45) is 3.16. The fourth-order valence-corrected chi connectivity index (χ4v) is 2.63. The number of anilines is 1. The molecule has 84 valence electrons. The summed E-state index contributed by atoms with van der Waals surface area (Å²) in [4.78, 5) is 2.29. The summed E-state index contributed by atoms with van der Waals surface area (Å²) in [6.45, 7) is 0.911. The van der Waals surface area contributed by atoms with E-state index < -0.39 is 0 Å². The van der Waals surface area contributed by atoms with Crippen LogP contribution in [0.3, 0.4) is 0 Å². The van der Waals surface area contributed by atoms with Crippen molar-refractivity contribution in [2.75, 3.05) is 23.9 Å². The Bertz CT molecular complexity index is 330. The van der Waals surface area contributed by atoms with E-state index in [0.29, 0.717) is 12.1 Å². The molecule has 0 spiro atoms. The molecule has 1 saturated heterocycles.